The van der Waals surface area contributed by atoms with E-state index in [0.717, 1.165) is 37.7 Å². The summed E-state index contributed by atoms with van der Waals surface area (Å²) in [6.45, 7) is 6.43. The fraction of sp³-hybridized carbons (Fsp3) is 0.706. The van der Waals surface area contributed by atoms with Crippen LogP contribution in [0.5, 0.6) is 0 Å². The Morgan fingerprint density at radius 2 is 1.30 bits per heavy atom. The van der Waals surface area contributed by atoms with Gasteiger partial charge >= 0.3 is 5.97 Å². The third kappa shape index (κ3) is 9.11. The molecule has 1 aromatic rings. The number of rotatable bonds is 18. The molecule has 2 aliphatic carbocycles. The third-order valence-electron chi connectivity index (χ3n) is 8.69. The Bertz CT molecular complexity index is 896. The predicted octanol–water partition coefficient (Wildman–Crippen LogP) is 9.82. The van der Waals surface area contributed by atoms with E-state index in [4.69, 9.17) is 4.74 Å². The summed E-state index contributed by atoms with van der Waals surface area (Å²) in [5.74, 6) is 0.785. The van der Waals surface area contributed by atoms with E-state index in [0.29, 0.717) is 17.8 Å². The van der Waals surface area contributed by atoms with Crippen LogP contribution in [0.3, 0.4) is 0 Å². The molecule has 0 heterocycles. The molecule has 2 atom stereocenters. The third-order valence-corrected chi connectivity index (χ3v) is 8.69. The Morgan fingerprint density at radius 1 is 0.757 bits per heavy atom. The monoisotopic (exact) mass is 508 g/mol. The lowest BCUT2D eigenvalue weighted by Crippen LogP contribution is -2.13. The van der Waals surface area contributed by atoms with Gasteiger partial charge in [0.05, 0.1) is 5.57 Å². The van der Waals surface area contributed by atoms with Crippen molar-refractivity contribution in [1.29, 1.82) is 0 Å². The van der Waals surface area contributed by atoms with Crippen molar-refractivity contribution >= 4 is 17.3 Å². The molecule has 37 heavy (non-hydrogen) atoms. The lowest BCUT2D eigenvalue weighted by Gasteiger charge is -2.14. The summed E-state index contributed by atoms with van der Waals surface area (Å²) in [4.78, 5) is 26.0. The number of fused-ring (bicyclic) bond motifs is 1. The van der Waals surface area contributed by atoms with Crippen molar-refractivity contribution in [2.45, 2.75) is 143 Å². The van der Waals surface area contributed by atoms with Gasteiger partial charge in [-0.05, 0) is 49.8 Å². The van der Waals surface area contributed by atoms with E-state index >= 15 is 0 Å². The number of ether oxygens (including phenoxy) is 1. The summed E-state index contributed by atoms with van der Waals surface area (Å²) in [6.07, 6.45) is 23.0. The topological polar surface area (TPSA) is 43.4 Å². The van der Waals surface area contributed by atoms with Gasteiger partial charge in [-0.15, -0.1) is 0 Å². The second kappa shape index (κ2) is 16.1. The van der Waals surface area contributed by atoms with Crippen LogP contribution in [-0.4, -0.2) is 11.8 Å². The van der Waals surface area contributed by atoms with Crippen LogP contribution in [0.25, 0.3) is 5.57 Å². The predicted molar refractivity (Wildman–Crippen MR) is 154 cm³/mol. The van der Waals surface area contributed by atoms with Crippen LogP contribution in [0.15, 0.2) is 24.0 Å². The van der Waals surface area contributed by atoms with Gasteiger partial charge in [-0.1, -0.05) is 121 Å². The molecule has 3 nitrogen and oxygen atoms in total. The highest BCUT2D eigenvalue weighted by Crippen LogP contribution is 2.49. The smallest absolute Gasteiger partial charge is 0.310 e. The maximum atomic E-state index is 13.2. The number of esters is 1. The molecule has 3 heteroatoms. The summed E-state index contributed by atoms with van der Waals surface area (Å²) in [7, 11) is 0. The average Bonchev–Trinajstić information content (AvgIpc) is 3.46. The number of aryl methyl sites for hydroxylation is 2. The number of Topliss-reactive ketones (excluding diaryl/α,β-unsaturated/α-hetero) is 1. The highest BCUT2D eigenvalue weighted by atomic mass is 16.5. The fourth-order valence-corrected chi connectivity index (χ4v) is 6.20. The van der Waals surface area contributed by atoms with Gasteiger partial charge in [-0.2, -0.15) is 0 Å². The van der Waals surface area contributed by atoms with Gasteiger partial charge in [-0.3, -0.25) is 9.59 Å². The van der Waals surface area contributed by atoms with E-state index in [9.17, 15) is 9.59 Å². The van der Waals surface area contributed by atoms with Crippen LogP contribution in [-0.2, 0) is 14.3 Å². The van der Waals surface area contributed by atoms with E-state index in [-0.39, 0.29) is 23.6 Å². The first-order valence-corrected chi connectivity index (χ1v) is 15.6. The molecule has 0 N–H and O–H groups in total. The molecule has 2 aliphatic rings. The summed E-state index contributed by atoms with van der Waals surface area (Å²) in [5, 5.41) is 0. The highest BCUT2D eigenvalue weighted by Gasteiger charge is 2.46. The molecule has 0 radical (unpaired) electrons. The van der Waals surface area contributed by atoms with Crippen molar-refractivity contribution in [3.8, 4) is 0 Å². The zero-order chi connectivity index (χ0) is 26.5. The molecule has 1 fully saturated rings. The van der Waals surface area contributed by atoms with Crippen molar-refractivity contribution in [2.75, 3.05) is 0 Å². The largest absolute Gasteiger partial charge is 0.430 e. The Morgan fingerprint density at radius 3 is 1.86 bits per heavy atom. The standard InChI is InChI=1S/C34H52O3/c1-4-5-6-7-8-9-10-11-12-13-14-15-16-17-18-22-31(35)37-34-30-21-19-20-29(30)33(36)32(34)28-24-23-26(2)27(3)25-28/h23-25,29-30H,4-22H2,1-3H3. The first-order chi connectivity index (χ1) is 18.0. The minimum Gasteiger partial charge on any atom is -0.430 e. The summed E-state index contributed by atoms with van der Waals surface area (Å²) < 4.78 is 5.97. The van der Waals surface area contributed by atoms with Crippen LogP contribution < -0.4 is 0 Å². The molecular formula is C34H52O3. The van der Waals surface area contributed by atoms with Crippen LogP contribution in [0, 0.1) is 25.7 Å². The number of hydrogen-bond donors (Lipinski definition) is 0. The highest BCUT2D eigenvalue weighted by molar-refractivity contribution is 6.25. The Hall–Kier alpha value is -1.90. The van der Waals surface area contributed by atoms with Crippen molar-refractivity contribution < 1.29 is 14.3 Å². The molecule has 0 amide bonds. The van der Waals surface area contributed by atoms with Crippen LogP contribution in [0.2, 0.25) is 0 Å². The lowest BCUT2D eigenvalue weighted by molar-refractivity contribution is -0.140. The number of unbranched alkanes of at least 4 members (excludes halogenated alkanes) is 14. The maximum Gasteiger partial charge on any atom is 0.310 e. The van der Waals surface area contributed by atoms with Gasteiger partial charge < -0.3 is 4.74 Å². The molecule has 1 saturated carbocycles. The zero-order valence-corrected chi connectivity index (χ0v) is 24.0. The average molecular weight is 509 g/mol. The summed E-state index contributed by atoms with van der Waals surface area (Å²) in [5.41, 5.74) is 3.96. The molecule has 0 saturated heterocycles. The van der Waals surface area contributed by atoms with Crippen LogP contribution >= 0.6 is 0 Å². The molecule has 0 aliphatic heterocycles. The molecular weight excluding hydrogens is 456 g/mol. The molecule has 0 bridgehead atoms. The quantitative estimate of drug-likeness (QED) is 0.146. The Labute approximate surface area is 226 Å². The minimum absolute atomic E-state index is 0.00482. The lowest BCUT2D eigenvalue weighted by atomic mass is 9.95. The number of carbonyl (C=O) groups excluding carboxylic acids is 2. The molecule has 2 unspecified atom stereocenters. The van der Waals surface area contributed by atoms with Crippen molar-refractivity contribution in [3.63, 3.8) is 0 Å². The second-order valence-electron chi connectivity index (χ2n) is 11.7. The number of ketones is 1. The Kier molecular flexibility index (Phi) is 12.9. The second-order valence-corrected chi connectivity index (χ2v) is 11.7. The number of hydrogen-bond acceptors (Lipinski definition) is 3. The van der Waals surface area contributed by atoms with Gasteiger partial charge in [0, 0.05) is 18.3 Å². The molecule has 206 valence electrons. The van der Waals surface area contributed by atoms with Gasteiger partial charge in [-0.25, -0.2) is 0 Å². The first-order valence-electron chi connectivity index (χ1n) is 15.6. The van der Waals surface area contributed by atoms with E-state index in [1.165, 1.54) is 94.6 Å². The fourth-order valence-electron chi connectivity index (χ4n) is 6.20. The number of benzene rings is 1. The van der Waals surface area contributed by atoms with Crippen molar-refractivity contribution in [2.24, 2.45) is 11.8 Å². The van der Waals surface area contributed by atoms with E-state index in [2.05, 4.69) is 32.9 Å². The van der Waals surface area contributed by atoms with Gasteiger partial charge in [0.15, 0.2) is 5.78 Å². The maximum absolute atomic E-state index is 13.2. The van der Waals surface area contributed by atoms with E-state index < -0.39 is 0 Å². The molecule has 3 rings (SSSR count). The Balaban J connectivity index is 1.32. The minimum atomic E-state index is -0.161. The zero-order valence-electron chi connectivity index (χ0n) is 24.0. The molecule has 0 aromatic heterocycles. The molecule has 0 spiro atoms. The molecule has 1 aromatic carbocycles. The summed E-state index contributed by atoms with van der Waals surface area (Å²) in [6, 6.07) is 6.15. The van der Waals surface area contributed by atoms with Crippen LogP contribution in [0.4, 0.5) is 0 Å². The SMILES string of the molecule is CCCCCCCCCCCCCCCCCC(=O)OC1=C(c2ccc(C)c(C)c2)C(=O)C2CCCC12. The van der Waals surface area contributed by atoms with E-state index in [1.54, 1.807) is 0 Å². The van der Waals surface area contributed by atoms with Gasteiger partial charge in [0.1, 0.15) is 5.76 Å². The number of carbonyl (C=O) groups is 2. The summed E-state index contributed by atoms with van der Waals surface area (Å²) >= 11 is 0. The van der Waals surface area contributed by atoms with Crippen molar-refractivity contribution in [3.05, 3.63) is 40.6 Å². The van der Waals surface area contributed by atoms with Gasteiger partial charge in [0.2, 0.25) is 0 Å². The van der Waals surface area contributed by atoms with Crippen LogP contribution in [0.1, 0.15) is 146 Å². The normalized spacial score (nSPS) is 19.1. The van der Waals surface area contributed by atoms with E-state index in [1.807, 2.05) is 6.07 Å². The first kappa shape index (κ1) is 29.7. The number of allylic oxidation sites excluding steroid dienone is 2. The van der Waals surface area contributed by atoms with Gasteiger partial charge in [0.25, 0.3) is 0 Å². The van der Waals surface area contributed by atoms with Crippen molar-refractivity contribution in [1.82, 2.24) is 0 Å².